The maximum atomic E-state index is 5.62. The van der Waals surface area contributed by atoms with E-state index < -0.39 is 0 Å². The maximum absolute atomic E-state index is 5.62. The topological polar surface area (TPSA) is 48.9 Å². The number of benzene rings is 1. The first kappa shape index (κ1) is 20.6. The molecule has 0 amide bonds. The van der Waals surface area contributed by atoms with Gasteiger partial charge < -0.3 is 20.3 Å². The molecule has 0 aromatic heterocycles. The van der Waals surface area contributed by atoms with Crippen molar-refractivity contribution in [2.75, 3.05) is 38.7 Å². The number of rotatable bonds is 6. The molecule has 5 heteroatoms. The molecular formula is C21H36N4O. The van der Waals surface area contributed by atoms with Crippen molar-refractivity contribution in [2.24, 2.45) is 10.4 Å². The lowest BCUT2D eigenvalue weighted by atomic mass is 9.89. The molecule has 5 nitrogen and oxygen atoms in total. The van der Waals surface area contributed by atoms with Crippen LogP contribution in [0.1, 0.15) is 52.1 Å². The van der Waals surface area contributed by atoms with Gasteiger partial charge in [0.2, 0.25) is 0 Å². The second kappa shape index (κ2) is 9.26. The summed E-state index contributed by atoms with van der Waals surface area (Å²) in [6.07, 6.45) is 2.71. The Morgan fingerprint density at radius 3 is 2.54 bits per heavy atom. The Labute approximate surface area is 159 Å². The summed E-state index contributed by atoms with van der Waals surface area (Å²) in [7, 11) is 3.57. The number of hydrogen-bond donors (Lipinski definition) is 2. The largest absolute Gasteiger partial charge is 0.379 e. The molecule has 1 heterocycles. The van der Waals surface area contributed by atoms with Crippen LogP contribution in [0.4, 0.5) is 5.69 Å². The zero-order valence-corrected chi connectivity index (χ0v) is 17.3. The number of aliphatic imine (C=N–C) groups is 1. The first-order valence-electron chi connectivity index (χ1n) is 9.70. The molecular weight excluding hydrogens is 324 g/mol. The highest BCUT2D eigenvalue weighted by Crippen LogP contribution is 2.24. The number of methoxy groups -OCH3 is 1. The molecule has 2 unspecified atom stereocenters. The second-order valence-electron chi connectivity index (χ2n) is 8.20. The number of nitrogens with zero attached hydrogens (tertiary/aromatic N) is 2. The van der Waals surface area contributed by atoms with E-state index >= 15 is 0 Å². The van der Waals surface area contributed by atoms with Gasteiger partial charge in [-0.2, -0.15) is 0 Å². The van der Waals surface area contributed by atoms with Gasteiger partial charge in [0, 0.05) is 39.5 Å². The molecule has 0 saturated carbocycles. The predicted molar refractivity (Wildman–Crippen MR) is 111 cm³/mol. The molecule has 2 rings (SSSR count). The van der Waals surface area contributed by atoms with Gasteiger partial charge in [-0.3, -0.25) is 4.99 Å². The van der Waals surface area contributed by atoms with Gasteiger partial charge in [-0.05, 0) is 42.9 Å². The average molecular weight is 361 g/mol. The van der Waals surface area contributed by atoms with Gasteiger partial charge in [0.15, 0.2) is 5.96 Å². The predicted octanol–water partition coefficient (Wildman–Crippen LogP) is 3.57. The molecule has 26 heavy (non-hydrogen) atoms. The van der Waals surface area contributed by atoms with E-state index in [0.29, 0.717) is 0 Å². The molecule has 1 saturated heterocycles. The molecule has 1 aromatic carbocycles. The summed E-state index contributed by atoms with van der Waals surface area (Å²) in [5.41, 5.74) is 2.68. The summed E-state index contributed by atoms with van der Waals surface area (Å²) in [6, 6.07) is 9.01. The SMILES string of the molecule is CN=C(NCC(OC)C(C)(C)C)NC(C)c1cccc(N2CCCC2)c1. The van der Waals surface area contributed by atoms with Crippen molar-refractivity contribution in [3.8, 4) is 0 Å². The van der Waals surface area contributed by atoms with Crippen molar-refractivity contribution >= 4 is 11.6 Å². The van der Waals surface area contributed by atoms with E-state index in [-0.39, 0.29) is 17.6 Å². The van der Waals surface area contributed by atoms with Gasteiger partial charge in [-0.1, -0.05) is 32.9 Å². The third kappa shape index (κ3) is 5.63. The van der Waals surface area contributed by atoms with Crippen LogP contribution in [0.25, 0.3) is 0 Å². The third-order valence-electron chi connectivity index (χ3n) is 5.12. The minimum Gasteiger partial charge on any atom is -0.379 e. The summed E-state index contributed by atoms with van der Waals surface area (Å²) in [5.74, 6) is 0.801. The van der Waals surface area contributed by atoms with E-state index in [2.05, 4.69) is 72.5 Å². The van der Waals surface area contributed by atoms with Gasteiger partial charge >= 0.3 is 0 Å². The molecule has 1 fully saturated rings. The van der Waals surface area contributed by atoms with E-state index in [1.54, 1.807) is 7.11 Å². The summed E-state index contributed by atoms with van der Waals surface area (Å²) in [6.45, 7) is 11.8. The standard InChI is InChI=1S/C21H36N4O/c1-16(17-10-9-11-18(14-17)25-12-7-8-13-25)24-20(22-5)23-15-19(26-6)21(2,3)4/h9-11,14,16,19H,7-8,12-13,15H2,1-6H3,(H2,22,23,24). The molecule has 0 radical (unpaired) electrons. The van der Waals surface area contributed by atoms with Gasteiger partial charge in [0.25, 0.3) is 0 Å². The third-order valence-corrected chi connectivity index (χ3v) is 5.12. The van der Waals surface area contributed by atoms with Crippen LogP contribution in [-0.2, 0) is 4.74 Å². The van der Waals surface area contributed by atoms with E-state index in [9.17, 15) is 0 Å². The number of nitrogens with one attached hydrogen (secondary N) is 2. The summed E-state index contributed by atoms with van der Waals surface area (Å²) in [4.78, 5) is 6.84. The van der Waals surface area contributed by atoms with Crippen LogP contribution in [0.3, 0.4) is 0 Å². The Hall–Kier alpha value is -1.75. The maximum Gasteiger partial charge on any atom is 0.191 e. The molecule has 0 aliphatic carbocycles. The number of guanidine groups is 1. The Kier molecular flexibility index (Phi) is 7.33. The lowest BCUT2D eigenvalue weighted by Crippen LogP contribution is -2.45. The molecule has 146 valence electrons. The van der Waals surface area contributed by atoms with E-state index in [0.717, 1.165) is 12.5 Å². The Balaban J connectivity index is 1.96. The molecule has 0 spiro atoms. The van der Waals surface area contributed by atoms with Crippen molar-refractivity contribution in [1.82, 2.24) is 10.6 Å². The van der Waals surface area contributed by atoms with Crippen LogP contribution in [0, 0.1) is 5.41 Å². The molecule has 1 aliphatic rings. The molecule has 2 N–H and O–H groups in total. The molecule has 0 bridgehead atoms. The fraction of sp³-hybridized carbons (Fsp3) is 0.667. The Bertz CT molecular complexity index is 588. The van der Waals surface area contributed by atoms with E-state index in [1.807, 2.05) is 7.05 Å². The number of ether oxygens (including phenoxy) is 1. The van der Waals surface area contributed by atoms with Crippen LogP contribution in [0.5, 0.6) is 0 Å². The normalized spacial score (nSPS) is 17.9. The fourth-order valence-corrected chi connectivity index (χ4v) is 3.38. The smallest absolute Gasteiger partial charge is 0.191 e. The first-order chi connectivity index (χ1) is 12.3. The van der Waals surface area contributed by atoms with Crippen molar-refractivity contribution in [1.29, 1.82) is 0 Å². The monoisotopic (exact) mass is 360 g/mol. The molecule has 1 aliphatic heterocycles. The summed E-state index contributed by atoms with van der Waals surface area (Å²) < 4.78 is 5.62. The molecule has 1 aromatic rings. The summed E-state index contributed by atoms with van der Waals surface area (Å²) in [5, 5.41) is 6.90. The minimum absolute atomic E-state index is 0.0796. The van der Waals surface area contributed by atoms with Crippen LogP contribution in [0.15, 0.2) is 29.3 Å². The zero-order valence-electron chi connectivity index (χ0n) is 17.3. The highest BCUT2D eigenvalue weighted by Gasteiger charge is 2.24. The highest BCUT2D eigenvalue weighted by molar-refractivity contribution is 5.80. The quantitative estimate of drug-likeness (QED) is 0.601. The average Bonchev–Trinajstić information content (AvgIpc) is 3.14. The van der Waals surface area contributed by atoms with E-state index in [1.165, 1.54) is 37.2 Å². The number of anilines is 1. The van der Waals surface area contributed by atoms with Crippen LogP contribution in [0.2, 0.25) is 0 Å². The van der Waals surface area contributed by atoms with Crippen molar-refractivity contribution in [3.63, 3.8) is 0 Å². The second-order valence-corrected chi connectivity index (χ2v) is 8.20. The van der Waals surface area contributed by atoms with Gasteiger partial charge in [-0.25, -0.2) is 0 Å². The Morgan fingerprint density at radius 1 is 1.27 bits per heavy atom. The minimum atomic E-state index is 0.0796. The lowest BCUT2D eigenvalue weighted by molar-refractivity contribution is 0.0205. The van der Waals surface area contributed by atoms with Gasteiger partial charge in [0.05, 0.1) is 12.1 Å². The number of hydrogen-bond acceptors (Lipinski definition) is 3. The fourth-order valence-electron chi connectivity index (χ4n) is 3.38. The summed E-state index contributed by atoms with van der Waals surface area (Å²) >= 11 is 0. The molecule has 2 atom stereocenters. The Morgan fingerprint density at radius 2 is 1.96 bits per heavy atom. The highest BCUT2D eigenvalue weighted by atomic mass is 16.5. The first-order valence-corrected chi connectivity index (χ1v) is 9.70. The zero-order chi connectivity index (χ0) is 19.2. The van der Waals surface area contributed by atoms with Gasteiger partial charge in [0.1, 0.15) is 0 Å². The van der Waals surface area contributed by atoms with Crippen molar-refractivity contribution < 1.29 is 4.74 Å². The van der Waals surface area contributed by atoms with Crippen LogP contribution >= 0.6 is 0 Å². The van der Waals surface area contributed by atoms with Crippen molar-refractivity contribution in [3.05, 3.63) is 29.8 Å². The van der Waals surface area contributed by atoms with Crippen molar-refractivity contribution in [2.45, 2.75) is 52.7 Å². The van der Waals surface area contributed by atoms with Crippen LogP contribution < -0.4 is 15.5 Å². The lowest BCUT2D eigenvalue weighted by Gasteiger charge is -2.30. The van der Waals surface area contributed by atoms with Crippen LogP contribution in [-0.4, -0.2) is 45.9 Å². The van der Waals surface area contributed by atoms with E-state index in [4.69, 9.17) is 4.74 Å². The van der Waals surface area contributed by atoms with Gasteiger partial charge in [-0.15, -0.1) is 0 Å².